The second-order valence-corrected chi connectivity index (χ2v) is 8.68. The maximum absolute atomic E-state index is 13.5. The van der Waals surface area contributed by atoms with Crippen LogP contribution in [0, 0.1) is 0 Å². The second kappa shape index (κ2) is 11.4. The van der Waals surface area contributed by atoms with Gasteiger partial charge in [-0.15, -0.1) is 13.2 Å². The van der Waals surface area contributed by atoms with Crippen LogP contribution in [0.1, 0.15) is 40.9 Å². The standard InChI is InChI=1S/C26H22F3N3O4.CH2O2/c27-26(28,29)36-20-10-8-18(9-11-20)25(12-15-35-21-6-2-13-30-23(21)25)31-24(34)17-4-1-5-19(16-17)32-14-3-7-22(32)33;2-1-3/h1-2,4-6,8-11,13,16H,3,7,12,14-15H2,(H,31,34);1H,(H,2,3). The smallest absolute Gasteiger partial charge is 0.491 e. The van der Waals surface area contributed by atoms with Crippen LogP contribution >= 0.6 is 0 Å². The summed E-state index contributed by atoms with van der Waals surface area (Å²) >= 11 is 0. The van der Waals surface area contributed by atoms with Gasteiger partial charge in [-0.2, -0.15) is 0 Å². The third kappa shape index (κ3) is 6.11. The van der Waals surface area contributed by atoms with Gasteiger partial charge in [-0.05, 0) is 54.4 Å². The summed E-state index contributed by atoms with van der Waals surface area (Å²) in [4.78, 5) is 40.2. The summed E-state index contributed by atoms with van der Waals surface area (Å²) < 4.78 is 47.8. The van der Waals surface area contributed by atoms with Gasteiger partial charge in [-0.3, -0.25) is 19.4 Å². The van der Waals surface area contributed by atoms with Crippen LogP contribution in [0.15, 0.2) is 66.9 Å². The Morgan fingerprint density at radius 1 is 1.15 bits per heavy atom. The van der Waals surface area contributed by atoms with E-state index in [-0.39, 0.29) is 24.7 Å². The first-order valence-electron chi connectivity index (χ1n) is 11.9. The fourth-order valence-electron chi connectivity index (χ4n) is 4.68. The van der Waals surface area contributed by atoms with E-state index in [1.165, 1.54) is 24.3 Å². The van der Waals surface area contributed by atoms with Crippen LogP contribution < -0.4 is 19.7 Å². The molecule has 2 N–H and O–H groups in total. The van der Waals surface area contributed by atoms with Crippen molar-refractivity contribution in [1.29, 1.82) is 0 Å². The van der Waals surface area contributed by atoms with E-state index in [4.69, 9.17) is 14.6 Å². The largest absolute Gasteiger partial charge is 0.573 e. The molecule has 1 aromatic heterocycles. The van der Waals surface area contributed by atoms with Gasteiger partial charge >= 0.3 is 6.36 Å². The molecule has 204 valence electrons. The number of amides is 2. The summed E-state index contributed by atoms with van der Waals surface area (Å²) in [5.74, 6) is -0.314. The minimum absolute atomic E-state index is 0.00718. The lowest BCUT2D eigenvalue weighted by Gasteiger charge is -2.39. The van der Waals surface area contributed by atoms with Crippen LogP contribution in [0.2, 0.25) is 0 Å². The Kier molecular flexibility index (Phi) is 8.03. The van der Waals surface area contributed by atoms with Crippen molar-refractivity contribution >= 4 is 24.0 Å². The molecule has 2 aliphatic heterocycles. The molecule has 2 aromatic carbocycles. The van der Waals surface area contributed by atoms with E-state index in [2.05, 4.69) is 15.0 Å². The minimum Gasteiger partial charge on any atom is -0.491 e. The van der Waals surface area contributed by atoms with Gasteiger partial charge in [0.2, 0.25) is 5.91 Å². The normalized spacial score (nSPS) is 18.2. The molecule has 39 heavy (non-hydrogen) atoms. The van der Waals surface area contributed by atoms with Crippen molar-refractivity contribution in [3.05, 3.63) is 83.7 Å². The average Bonchev–Trinajstić information content (AvgIpc) is 3.35. The van der Waals surface area contributed by atoms with Crippen LogP contribution in [-0.2, 0) is 15.1 Å². The first kappa shape index (κ1) is 27.4. The Bertz CT molecular complexity index is 1350. The van der Waals surface area contributed by atoms with Crippen molar-refractivity contribution in [1.82, 2.24) is 10.3 Å². The summed E-state index contributed by atoms with van der Waals surface area (Å²) in [7, 11) is 0. The number of carbonyl (C=O) groups excluding carboxylic acids is 2. The molecule has 0 spiro atoms. The number of alkyl halides is 3. The van der Waals surface area contributed by atoms with E-state index < -0.39 is 17.8 Å². The highest BCUT2D eigenvalue weighted by atomic mass is 19.4. The first-order valence-corrected chi connectivity index (χ1v) is 11.9. The molecule has 1 atom stereocenters. The predicted molar refractivity (Wildman–Crippen MR) is 132 cm³/mol. The molecule has 2 aliphatic rings. The van der Waals surface area contributed by atoms with Crippen LogP contribution in [-0.4, -0.2) is 47.9 Å². The van der Waals surface area contributed by atoms with E-state index in [0.29, 0.717) is 47.6 Å². The molecular weight excluding hydrogens is 519 g/mol. The van der Waals surface area contributed by atoms with Crippen LogP contribution in [0.4, 0.5) is 18.9 Å². The number of pyridine rings is 1. The van der Waals surface area contributed by atoms with Crippen molar-refractivity contribution in [2.45, 2.75) is 31.2 Å². The molecule has 9 nitrogen and oxygen atoms in total. The molecule has 1 fully saturated rings. The van der Waals surface area contributed by atoms with Gasteiger partial charge in [0.25, 0.3) is 12.4 Å². The van der Waals surface area contributed by atoms with E-state index in [1.807, 2.05) is 0 Å². The Morgan fingerprint density at radius 2 is 1.90 bits per heavy atom. The number of carbonyl (C=O) groups is 3. The number of halogens is 3. The number of benzene rings is 2. The SMILES string of the molecule is O=C(NC1(c2ccc(OC(F)(F)F)cc2)CCOc2cccnc21)c1cccc(N2CCCC2=O)c1.O=CO. The maximum Gasteiger partial charge on any atom is 0.573 e. The van der Waals surface area contributed by atoms with Gasteiger partial charge in [0, 0.05) is 36.8 Å². The van der Waals surface area contributed by atoms with Crippen molar-refractivity contribution in [2.24, 2.45) is 0 Å². The molecule has 12 heteroatoms. The van der Waals surface area contributed by atoms with Crippen molar-refractivity contribution in [3.8, 4) is 11.5 Å². The quantitative estimate of drug-likeness (QED) is 0.462. The number of hydrogen-bond donors (Lipinski definition) is 2. The number of nitrogens with one attached hydrogen (secondary N) is 1. The molecule has 0 saturated carbocycles. The van der Waals surface area contributed by atoms with Gasteiger partial charge in [-0.25, -0.2) is 0 Å². The number of fused-ring (bicyclic) bond motifs is 1. The van der Waals surface area contributed by atoms with Crippen LogP contribution in [0.5, 0.6) is 11.5 Å². The van der Waals surface area contributed by atoms with Gasteiger partial charge in [0.1, 0.15) is 22.7 Å². The number of rotatable bonds is 5. The van der Waals surface area contributed by atoms with Crippen LogP contribution in [0.25, 0.3) is 0 Å². The summed E-state index contributed by atoms with van der Waals surface area (Å²) in [6.07, 6.45) is -1.73. The van der Waals surface area contributed by atoms with E-state index in [9.17, 15) is 22.8 Å². The third-order valence-corrected chi connectivity index (χ3v) is 6.31. The molecule has 0 radical (unpaired) electrons. The number of hydrogen-bond acceptors (Lipinski definition) is 6. The lowest BCUT2D eigenvalue weighted by Crippen LogP contribution is -2.50. The number of nitrogens with zero attached hydrogens (tertiary/aromatic N) is 2. The number of anilines is 1. The number of carboxylic acid groups (broad SMARTS) is 1. The summed E-state index contributed by atoms with van der Waals surface area (Å²) in [6, 6.07) is 15.6. The maximum atomic E-state index is 13.5. The fourth-order valence-corrected chi connectivity index (χ4v) is 4.68. The Balaban J connectivity index is 0.00000112. The Labute approximate surface area is 221 Å². The van der Waals surface area contributed by atoms with Gasteiger partial charge in [-0.1, -0.05) is 18.2 Å². The molecular formula is C27H24F3N3O6. The van der Waals surface area contributed by atoms with Crippen molar-refractivity contribution in [3.63, 3.8) is 0 Å². The first-order chi connectivity index (χ1) is 18.7. The van der Waals surface area contributed by atoms with E-state index in [0.717, 1.165) is 6.42 Å². The molecule has 2 amide bonds. The third-order valence-electron chi connectivity index (χ3n) is 6.31. The highest BCUT2D eigenvalue weighted by Gasteiger charge is 2.43. The van der Waals surface area contributed by atoms with Crippen molar-refractivity contribution in [2.75, 3.05) is 18.1 Å². The van der Waals surface area contributed by atoms with E-state index in [1.54, 1.807) is 47.5 Å². The Hall–Kier alpha value is -4.61. The van der Waals surface area contributed by atoms with E-state index >= 15 is 0 Å². The fraction of sp³-hybridized carbons (Fsp3) is 0.259. The lowest BCUT2D eigenvalue weighted by atomic mass is 9.81. The predicted octanol–water partition coefficient (Wildman–Crippen LogP) is 4.26. The second-order valence-electron chi connectivity index (χ2n) is 8.68. The highest BCUT2D eigenvalue weighted by molar-refractivity contribution is 5.99. The lowest BCUT2D eigenvalue weighted by molar-refractivity contribution is -0.274. The molecule has 3 heterocycles. The number of ether oxygens (including phenoxy) is 2. The monoisotopic (exact) mass is 543 g/mol. The molecule has 0 bridgehead atoms. The zero-order valence-electron chi connectivity index (χ0n) is 20.5. The van der Waals surface area contributed by atoms with Crippen LogP contribution in [0.3, 0.4) is 0 Å². The summed E-state index contributed by atoms with van der Waals surface area (Å²) in [5, 5.41) is 9.96. The highest BCUT2D eigenvalue weighted by Crippen LogP contribution is 2.41. The average molecular weight is 543 g/mol. The molecule has 5 rings (SSSR count). The van der Waals surface area contributed by atoms with Crippen molar-refractivity contribution < 1.29 is 42.1 Å². The van der Waals surface area contributed by atoms with Gasteiger partial charge in [0.15, 0.2) is 0 Å². The van der Waals surface area contributed by atoms with Gasteiger partial charge < -0.3 is 24.8 Å². The van der Waals surface area contributed by atoms with Gasteiger partial charge in [0.05, 0.1) is 6.61 Å². The number of aromatic nitrogens is 1. The Morgan fingerprint density at radius 3 is 2.56 bits per heavy atom. The zero-order valence-corrected chi connectivity index (χ0v) is 20.5. The summed E-state index contributed by atoms with van der Waals surface area (Å²) in [5.41, 5.74) is 0.785. The topological polar surface area (TPSA) is 118 Å². The molecule has 3 aromatic rings. The molecule has 1 saturated heterocycles. The summed E-state index contributed by atoms with van der Waals surface area (Å²) in [6.45, 7) is 0.594. The molecule has 0 aliphatic carbocycles. The zero-order chi connectivity index (χ0) is 28.0. The minimum atomic E-state index is -4.82. The molecule has 1 unspecified atom stereocenters.